The van der Waals surface area contributed by atoms with Crippen LogP contribution in [-0.2, 0) is 4.79 Å². The molecule has 0 aliphatic rings. The van der Waals surface area contributed by atoms with Gasteiger partial charge in [-0.2, -0.15) is 10.2 Å². The van der Waals surface area contributed by atoms with Gasteiger partial charge in [0.1, 0.15) is 17.4 Å². The van der Waals surface area contributed by atoms with Crippen molar-refractivity contribution >= 4 is 12.1 Å². The highest BCUT2D eigenvalue weighted by atomic mass is 19.1. The second-order valence-electron chi connectivity index (χ2n) is 7.34. The van der Waals surface area contributed by atoms with Crippen LogP contribution in [0.3, 0.4) is 0 Å². The van der Waals surface area contributed by atoms with Crippen molar-refractivity contribution in [2.24, 2.45) is 5.10 Å². The van der Waals surface area contributed by atoms with Gasteiger partial charge in [0.2, 0.25) is 0 Å². The van der Waals surface area contributed by atoms with E-state index < -0.39 is 12.0 Å². The van der Waals surface area contributed by atoms with E-state index in [1.54, 1.807) is 19.3 Å². The summed E-state index contributed by atoms with van der Waals surface area (Å²) in [5.74, 6) is 0.624. The summed E-state index contributed by atoms with van der Waals surface area (Å²) < 4.78 is 22.5. The first-order valence-electron chi connectivity index (χ1n) is 9.76. The largest absolute Gasteiger partial charge is 0.481 e. The number of nitrogens with zero attached hydrogens (tertiary/aromatic N) is 4. The van der Waals surface area contributed by atoms with Gasteiger partial charge in [-0.15, -0.1) is 0 Å². The highest BCUT2D eigenvalue weighted by Crippen LogP contribution is 2.21. The van der Waals surface area contributed by atoms with Crippen molar-refractivity contribution in [1.82, 2.24) is 19.8 Å². The Bertz CT molecular complexity index is 1050. The summed E-state index contributed by atoms with van der Waals surface area (Å²) >= 11 is 0. The second-order valence-corrected chi connectivity index (χ2v) is 7.34. The lowest BCUT2D eigenvalue weighted by atomic mass is 10.3. The monoisotopic (exact) mass is 411 g/mol. The number of hydrogen-bond donors (Lipinski definition) is 1. The molecule has 0 saturated heterocycles. The van der Waals surface area contributed by atoms with Gasteiger partial charge in [-0.3, -0.25) is 4.79 Å². The molecule has 2 aromatic heterocycles. The number of carbonyl (C=O) groups is 1. The summed E-state index contributed by atoms with van der Waals surface area (Å²) in [6.07, 6.45) is 2.61. The van der Waals surface area contributed by atoms with Crippen molar-refractivity contribution in [1.29, 1.82) is 0 Å². The molecule has 0 aliphatic heterocycles. The number of aryl methyl sites for hydroxylation is 1. The summed E-state index contributed by atoms with van der Waals surface area (Å²) in [6, 6.07) is 9.70. The highest BCUT2D eigenvalue weighted by molar-refractivity contribution is 5.85. The number of amides is 1. The first-order valence-corrected chi connectivity index (χ1v) is 9.76. The number of rotatable bonds is 7. The van der Waals surface area contributed by atoms with Crippen LogP contribution >= 0.6 is 0 Å². The summed E-state index contributed by atoms with van der Waals surface area (Å²) in [6.45, 7) is 9.77. The molecule has 0 spiro atoms. The van der Waals surface area contributed by atoms with Crippen LogP contribution in [0.1, 0.15) is 43.8 Å². The molecule has 1 atom stereocenters. The normalized spacial score (nSPS) is 12.5. The molecule has 30 heavy (non-hydrogen) atoms. The fraction of sp³-hybridized carbons (Fsp3) is 0.318. The average Bonchev–Trinajstić information content (AvgIpc) is 3.28. The van der Waals surface area contributed by atoms with E-state index in [1.807, 2.05) is 30.7 Å². The topological polar surface area (TPSA) is 73.4 Å². The summed E-state index contributed by atoms with van der Waals surface area (Å²) in [5.41, 5.74) is 5.40. The zero-order valence-electron chi connectivity index (χ0n) is 17.8. The van der Waals surface area contributed by atoms with E-state index in [1.165, 1.54) is 24.3 Å². The van der Waals surface area contributed by atoms with E-state index in [0.29, 0.717) is 5.75 Å². The molecule has 1 amide bonds. The Morgan fingerprint density at radius 3 is 2.57 bits per heavy atom. The molecule has 0 saturated carbocycles. The molecule has 0 fully saturated rings. The Morgan fingerprint density at radius 1 is 1.20 bits per heavy atom. The van der Waals surface area contributed by atoms with Gasteiger partial charge in [0, 0.05) is 29.1 Å². The van der Waals surface area contributed by atoms with E-state index in [4.69, 9.17) is 4.74 Å². The summed E-state index contributed by atoms with van der Waals surface area (Å²) in [5, 5.41) is 8.47. The Hall–Kier alpha value is -3.42. The third kappa shape index (κ3) is 4.59. The van der Waals surface area contributed by atoms with E-state index in [9.17, 15) is 9.18 Å². The van der Waals surface area contributed by atoms with E-state index in [0.717, 1.165) is 22.8 Å². The third-order valence-corrected chi connectivity index (χ3v) is 4.71. The zero-order chi connectivity index (χ0) is 21.8. The minimum atomic E-state index is -0.777. The molecule has 7 nitrogen and oxygen atoms in total. The van der Waals surface area contributed by atoms with Crippen molar-refractivity contribution in [2.45, 2.75) is 46.8 Å². The van der Waals surface area contributed by atoms with Crippen LogP contribution in [-0.4, -0.2) is 32.6 Å². The minimum absolute atomic E-state index is 0.232. The molecule has 0 aliphatic carbocycles. The maximum Gasteiger partial charge on any atom is 0.280 e. The number of aromatic nitrogens is 3. The van der Waals surface area contributed by atoms with Gasteiger partial charge >= 0.3 is 0 Å². The lowest BCUT2D eigenvalue weighted by Crippen LogP contribution is -2.33. The van der Waals surface area contributed by atoms with Gasteiger partial charge in [0.25, 0.3) is 5.91 Å². The van der Waals surface area contributed by atoms with Gasteiger partial charge in [0.05, 0.1) is 12.4 Å². The lowest BCUT2D eigenvalue weighted by molar-refractivity contribution is -0.127. The van der Waals surface area contributed by atoms with Gasteiger partial charge in [-0.25, -0.2) is 14.5 Å². The van der Waals surface area contributed by atoms with Gasteiger partial charge in [0.15, 0.2) is 6.10 Å². The van der Waals surface area contributed by atoms with Crippen molar-refractivity contribution in [3.8, 4) is 11.6 Å². The number of hydrazone groups is 1. The minimum Gasteiger partial charge on any atom is -0.481 e. The van der Waals surface area contributed by atoms with Crippen molar-refractivity contribution in [3.05, 3.63) is 65.4 Å². The zero-order valence-corrected chi connectivity index (χ0v) is 17.8. The van der Waals surface area contributed by atoms with E-state index >= 15 is 0 Å². The molecule has 1 N–H and O–H groups in total. The summed E-state index contributed by atoms with van der Waals surface area (Å²) in [7, 11) is 0. The molecule has 0 bridgehead atoms. The van der Waals surface area contributed by atoms with Crippen LogP contribution in [0, 0.1) is 19.7 Å². The molecule has 0 radical (unpaired) electrons. The van der Waals surface area contributed by atoms with Crippen molar-refractivity contribution < 1.29 is 13.9 Å². The second kappa shape index (κ2) is 8.94. The quantitative estimate of drug-likeness (QED) is 0.473. The fourth-order valence-electron chi connectivity index (χ4n) is 3.18. The highest BCUT2D eigenvalue weighted by Gasteiger charge is 2.16. The molecule has 1 aromatic carbocycles. The number of halogens is 1. The predicted molar refractivity (Wildman–Crippen MR) is 114 cm³/mol. The number of carbonyl (C=O) groups excluding carboxylic acids is 1. The van der Waals surface area contributed by atoms with Crippen LogP contribution in [0.2, 0.25) is 0 Å². The molecule has 3 aromatic rings. The summed E-state index contributed by atoms with van der Waals surface area (Å²) in [4.78, 5) is 12.2. The smallest absolute Gasteiger partial charge is 0.280 e. The molecule has 8 heteroatoms. The lowest BCUT2D eigenvalue weighted by Gasteiger charge is -2.15. The molecular weight excluding hydrogens is 385 g/mol. The van der Waals surface area contributed by atoms with Crippen molar-refractivity contribution in [2.75, 3.05) is 0 Å². The predicted octanol–water partition coefficient (Wildman–Crippen LogP) is 3.93. The third-order valence-electron chi connectivity index (χ3n) is 4.71. The molecule has 3 rings (SSSR count). The van der Waals surface area contributed by atoms with Crippen LogP contribution in [0.15, 0.2) is 47.7 Å². The molecule has 158 valence electrons. The number of hydrogen-bond acceptors (Lipinski definition) is 4. The molecule has 0 unspecified atom stereocenters. The van der Waals surface area contributed by atoms with Gasteiger partial charge in [-0.1, -0.05) is 0 Å². The standard InChI is InChI=1S/C22H26FN5O2/c1-14(2)28-21(10-11-25-28)27-15(3)12-18(16(27)4)13-24-26-22(29)17(5)30-20-8-6-19(23)7-9-20/h6-14,17H,1-5H3,(H,26,29)/b24-13-/t17-/m1/s1. The Balaban J connectivity index is 1.68. The maximum atomic E-state index is 13.0. The SMILES string of the molecule is Cc1cc(/C=N\NC(=O)[C@@H](C)Oc2ccc(F)cc2)c(C)n1-c1ccnn1C(C)C. The van der Waals surface area contributed by atoms with Crippen LogP contribution < -0.4 is 10.2 Å². The first kappa shape index (κ1) is 21.3. The fourth-order valence-corrected chi connectivity index (χ4v) is 3.18. The Labute approximate surface area is 175 Å². The Kier molecular flexibility index (Phi) is 6.34. The van der Waals surface area contributed by atoms with E-state index in [-0.39, 0.29) is 11.9 Å². The first-order chi connectivity index (χ1) is 14.3. The van der Waals surface area contributed by atoms with E-state index in [2.05, 4.69) is 34.0 Å². The Morgan fingerprint density at radius 2 is 1.90 bits per heavy atom. The average molecular weight is 411 g/mol. The van der Waals surface area contributed by atoms with Crippen LogP contribution in [0.5, 0.6) is 5.75 Å². The van der Waals surface area contributed by atoms with Crippen LogP contribution in [0.25, 0.3) is 5.82 Å². The number of ether oxygens (including phenoxy) is 1. The van der Waals surface area contributed by atoms with Gasteiger partial charge in [-0.05, 0) is 65.0 Å². The molecular formula is C22H26FN5O2. The number of benzene rings is 1. The van der Waals surface area contributed by atoms with Crippen LogP contribution in [0.4, 0.5) is 4.39 Å². The van der Waals surface area contributed by atoms with Crippen molar-refractivity contribution in [3.63, 3.8) is 0 Å². The maximum absolute atomic E-state index is 13.0. The van der Waals surface area contributed by atoms with Gasteiger partial charge < -0.3 is 9.30 Å². The number of nitrogens with one attached hydrogen (secondary N) is 1. The molecule has 2 heterocycles.